The van der Waals surface area contributed by atoms with Crippen molar-refractivity contribution in [3.8, 4) is 0 Å². The highest BCUT2D eigenvalue weighted by molar-refractivity contribution is 7.89. The second-order valence-electron chi connectivity index (χ2n) is 5.04. The number of hydrogen-bond acceptors (Lipinski definition) is 3. The van der Waals surface area contributed by atoms with E-state index in [0.29, 0.717) is 22.4 Å². The van der Waals surface area contributed by atoms with E-state index in [9.17, 15) is 17.2 Å². The lowest BCUT2D eigenvalue weighted by atomic mass is 9.98. The average molecular weight is 334 g/mol. The van der Waals surface area contributed by atoms with Crippen molar-refractivity contribution in [1.82, 2.24) is 4.98 Å². The number of nitrogens with zero attached hydrogens (tertiary/aromatic N) is 1. The molecule has 0 bridgehead atoms. The molecule has 4 nitrogen and oxygen atoms in total. The number of rotatable bonds is 3. The molecule has 1 aromatic carbocycles. The van der Waals surface area contributed by atoms with Gasteiger partial charge < -0.3 is 0 Å². The van der Waals surface area contributed by atoms with Gasteiger partial charge in [-0.2, -0.15) is 0 Å². The minimum atomic E-state index is -3.84. The van der Waals surface area contributed by atoms with Gasteiger partial charge in [-0.3, -0.25) is 4.98 Å². The first kappa shape index (κ1) is 15.5. The molecule has 1 aliphatic carbocycles. The van der Waals surface area contributed by atoms with Crippen LogP contribution in [0.4, 0.5) is 8.78 Å². The van der Waals surface area contributed by atoms with Gasteiger partial charge in [0, 0.05) is 11.8 Å². The standard InChI is InChI=1S/C16H12F2N2O2S/c17-11-3-1-10(2-4-11)14-7-12(18)8-15(14)16-6-5-13(9-20-16)23(19,21)22/h1-9,12H,(H2,19,21,22). The third kappa shape index (κ3) is 3.20. The number of halogens is 2. The largest absolute Gasteiger partial charge is 0.255 e. The van der Waals surface area contributed by atoms with E-state index in [1.165, 1.54) is 36.4 Å². The van der Waals surface area contributed by atoms with E-state index in [0.717, 1.165) is 6.20 Å². The summed E-state index contributed by atoms with van der Waals surface area (Å²) in [5.74, 6) is -0.384. The Kier molecular flexibility index (Phi) is 3.83. The van der Waals surface area contributed by atoms with E-state index >= 15 is 0 Å². The van der Waals surface area contributed by atoms with Gasteiger partial charge in [-0.15, -0.1) is 0 Å². The molecule has 0 saturated carbocycles. The van der Waals surface area contributed by atoms with Crippen LogP contribution in [0.1, 0.15) is 11.3 Å². The summed E-state index contributed by atoms with van der Waals surface area (Å²) in [7, 11) is -3.84. The van der Waals surface area contributed by atoms with Crippen LogP contribution in [0.15, 0.2) is 59.6 Å². The SMILES string of the molecule is NS(=O)(=O)c1ccc(C2=CC(F)C=C2c2ccc(F)cc2)nc1. The smallest absolute Gasteiger partial charge is 0.239 e. The lowest BCUT2D eigenvalue weighted by Crippen LogP contribution is -2.12. The Bertz CT molecular complexity index is 902. The van der Waals surface area contributed by atoms with Crippen molar-refractivity contribution in [3.63, 3.8) is 0 Å². The first-order chi connectivity index (χ1) is 10.8. The van der Waals surface area contributed by atoms with Crippen LogP contribution >= 0.6 is 0 Å². The molecule has 3 rings (SSSR count). The van der Waals surface area contributed by atoms with Gasteiger partial charge >= 0.3 is 0 Å². The summed E-state index contributed by atoms with van der Waals surface area (Å²) >= 11 is 0. The average Bonchev–Trinajstić information content (AvgIpc) is 2.89. The molecular weight excluding hydrogens is 322 g/mol. The lowest BCUT2D eigenvalue weighted by Gasteiger charge is -2.09. The number of pyridine rings is 1. The maximum absolute atomic E-state index is 13.8. The Labute approximate surface area is 132 Å². The van der Waals surface area contributed by atoms with Gasteiger partial charge in [-0.25, -0.2) is 22.3 Å². The first-order valence-electron chi connectivity index (χ1n) is 6.68. The predicted octanol–water partition coefficient (Wildman–Crippen LogP) is 2.69. The molecule has 1 aromatic heterocycles. The second kappa shape index (κ2) is 5.68. The topological polar surface area (TPSA) is 73.1 Å². The summed E-state index contributed by atoms with van der Waals surface area (Å²) < 4.78 is 49.3. The van der Waals surface area contributed by atoms with Crippen LogP contribution in [0.3, 0.4) is 0 Å². The fourth-order valence-electron chi connectivity index (χ4n) is 2.36. The van der Waals surface area contributed by atoms with E-state index < -0.39 is 16.2 Å². The summed E-state index contributed by atoms with van der Waals surface area (Å²) in [6, 6.07) is 8.44. The van der Waals surface area contributed by atoms with Crippen molar-refractivity contribution in [1.29, 1.82) is 0 Å². The molecule has 2 aromatic rings. The molecule has 7 heteroatoms. The van der Waals surface area contributed by atoms with E-state index in [1.54, 1.807) is 12.1 Å². The Morgan fingerprint density at radius 3 is 2.22 bits per heavy atom. The number of alkyl halides is 1. The fraction of sp³-hybridized carbons (Fsp3) is 0.0625. The van der Waals surface area contributed by atoms with E-state index in [4.69, 9.17) is 5.14 Å². The van der Waals surface area contributed by atoms with Crippen LogP contribution in [0.2, 0.25) is 0 Å². The predicted molar refractivity (Wildman–Crippen MR) is 82.9 cm³/mol. The molecule has 0 spiro atoms. The van der Waals surface area contributed by atoms with Gasteiger partial charge in [0.2, 0.25) is 10.0 Å². The molecule has 1 heterocycles. The first-order valence-corrected chi connectivity index (χ1v) is 8.22. The van der Waals surface area contributed by atoms with Gasteiger partial charge in [0.25, 0.3) is 0 Å². The monoisotopic (exact) mass is 334 g/mol. The quantitative estimate of drug-likeness (QED) is 0.938. The molecule has 1 aliphatic rings. The molecule has 1 atom stereocenters. The molecule has 2 N–H and O–H groups in total. The van der Waals surface area contributed by atoms with Crippen LogP contribution in [-0.4, -0.2) is 19.6 Å². The number of allylic oxidation sites excluding steroid dienone is 4. The maximum Gasteiger partial charge on any atom is 0.239 e. The molecule has 0 radical (unpaired) electrons. The molecule has 0 amide bonds. The Balaban J connectivity index is 2.00. The van der Waals surface area contributed by atoms with Crippen LogP contribution < -0.4 is 5.14 Å². The van der Waals surface area contributed by atoms with Crippen molar-refractivity contribution >= 4 is 21.2 Å². The summed E-state index contributed by atoms with van der Waals surface area (Å²) in [5, 5.41) is 5.03. The van der Waals surface area contributed by atoms with E-state index in [2.05, 4.69) is 4.98 Å². The minimum Gasteiger partial charge on any atom is -0.255 e. The summed E-state index contributed by atoms with van der Waals surface area (Å²) in [6.45, 7) is 0. The number of primary sulfonamides is 1. The van der Waals surface area contributed by atoms with E-state index in [-0.39, 0.29) is 10.7 Å². The Morgan fingerprint density at radius 1 is 1.00 bits per heavy atom. The second-order valence-corrected chi connectivity index (χ2v) is 6.60. The molecule has 0 fully saturated rings. The van der Waals surface area contributed by atoms with Crippen LogP contribution in [-0.2, 0) is 10.0 Å². The van der Waals surface area contributed by atoms with Crippen LogP contribution in [0.25, 0.3) is 11.1 Å². The third-order valence-corrected chi connectivity index (χ3v) is 4.34. The number of aromatic nitrogens is 1. The highest BCUT2D eigenvalue weighted by atomic mass is 32.2. The number of sulfonamides is 1. The minimum absolute atomic E-state index is 0.121. The van der Waals surface area contributed by atoms with Gasteiger partial charge in [0.1, 0.15) is 16.9 Å². The Hall–Kier alpha value is -2.38. The van der Waals surface area contributed by atoms with Crippen molar-refractivity contribution in [2.75, 3.05) is 0 Å². The highest BCUT2D eigenvalue weighted by Gasteiger charge is 2.21. The number of benzene rings is 1. The Morgan fingerprint density at radius 2 is 1.65 bits per heavy atom. The van der Waals surface area contributed by atoms with Crippen molar-refractivity contribution in [2.45, 2.75) is 11.1 Å². The normalized spacial score (nSPS) is 17.8. The van der Waals surface area contributed by atoms with Crippen molar-refractivity contribution in [2.24, 2.45) is 5.14 Å². The van der Waals surface area contributed by atoms with Gasteiger partial charge in [-0.1, -0.05) is 12.1 Å². The zero-order valence-corrected chi connectivity index (χ0v) is 12.6. The summed E-state index contributed by atoms with van der Waals surface area (Å²) in [5.41, 5.74) is 2.15. The lowest BCUT2D eigenvalue weighted by molar-refractivity contribution is 0.474. The van der Waals surface area contributed by atoms with Gasteiger partial charge in [0.15, 0.2) is 0 Å². The van der Waals surface area contributed by atoms with Crippen LogP contribution in [0, 0.1) is 5.82 Å². The maximum atomic E-state index is 13.8. The third-order valence-electron chi connectivity index (χ3n) is 3.44. The van der Waals surface area contributed by atoms with Crippen LogP contribution in [0.5, 0.6) is 0 Å². The van der Waals surface area contributed by atoms with Gasteiger partial charge in [0.05, 0.1) is 5.69 Å². The van der Waals surface area contributed by atoms with Crippen molar-refractivity contribution in [3.05, 3.63) is 71.8 Å². The molecule has 0 aliphatic heterocycles. The molecule has 1 unspecified atom stereocenters. The number of hydrogen-bond donors (Lipinski definition) is 1. The zero-order chi connectivity index (χ0) is 16.6. The molecule has 23 heavy (non-hydrogen) atoms. The van der Waals surface area contributed by atoms with Crippen molar-refractivity contribution < 1.29 is 17.2 Å². The van der Waals surface area contributed by atoms with E-state index in [1.807, 2.05) is 0 Å². The molecular formula is C16H12F2N2O2S. The summed E-state index contributed by atoms with van der Waals surface area (Å²) in [4.78, 5) is 3.92. The van der Waals surface area contributed by atoms with Gasteiger partial charge in [-0.05, 0) is 47.6 Å². The highest BCUT2D eigenvalue weighted by Crippen LogP contribution is 2.36. The zero-order valence-electron chi connectivity index (χ0n) is 11.8. The number of nitrogens with two attached hydrogens (primary N) is 1. The molecule has 118 valence electrons. The molecule has 0 saturated heterocycles. The fourth-order valence-corrected chi connectivity index (χ4v) is 2.82. The summed E-state index contributed by atoms with van der Waals surface area (Å²) in [6.07, 6.45) is 2.61.